The highest BCUT2D eigenvalue weighted by Crippen LogP contribution is 2.20. The molecule has 2 aromatic carbocycles. The summed E-state index contributed by atoms with van der Waals surface area (Å²) in [5.41, 5.74) is 1.22. The molecule has 0 heterocycles. The molecule has 2 rings (SSSR count). The molecule has 1 nitrogen and oxygen atoms in total. The van der Waals surface area contributed by atoms with E-state index in [9.17, 15) is 0 Å². The Morgan fingerprint density at radius 1 is 1.11 bits per heavy atom. The Hall–Kier alpha value is -1.15. The number of anilines is 1. The Balaban J connectivity index is 1.98. The van der Waals surface area contributed by atoms with Crippen molar-refractivity contribution in [1.82, 2.24) is 0 Å². The van der Waals surface area contributed by atoms with E-state index >= 15 is 0 Å². The van der Waals surface area contributed by atoms with Crippen molar-refractivity contribution in [3.05, 3.63) is 42.5 Å². The lowest BCUT2D eigenvalue weighted by molar-refractivity contribution is 0.772. The van der Waals surface area contributed by atoms with Crippen molar-refractivity contribution in [2.75, 3.05) is 16.8 Å². The predicted molar refractivity (Wildman–Crippen MR) is 84.6 cm³/mol. The summed E-state index contributed by atoms with van der Waals surface area (Å²) >= 11 is 2.01. The first-order chi connectivity index (χ1) is 8.79. The van der Waals surface area contributed by atoms with Crippen molar-refractivity contribution >= 4 is 28.2 Å². The summed E-state index contributed by atoms with van der Waals surface area (Å²) in [7, 11) is 0. The van der Waals surface area contributed by atoms with Crippen molar-refractivity contribution in [1.29, 1.82) is 0 Å². The zero-order chi connectivity index (χ0) is 12.8. The highest BCUT2D eigenvalue weighted by Gasteiger charge is 2.02. The van der Waals surface area contributed by atoms with Gasteiger partial charge in [-0.2, -0.15) is 11.8 Å². The SMILES string of the molecule is CCSCCC(C)Nc1ccc2ccccc2c1. The molecule has 1 atom stereocenters. The Bertz CT molecular complexity index is 495. The van der Waals surface area contributed by atoms with E-state index in [2.05, 4.69) is 61.6 Å². The van der Waals surface area contributed by atoms with Crippen LogP contribution in [0.25, 0.3) is 10.8 Å². The largest absolute Gasteiger partial charge is 0.383 e. The van der Waals surface area contributed by atoms with Crippen molar-refractivity contribution in [3.63, 3.8) is 0 Å². The summed E-state index contributed by atoms with van der Waals surface area (Å²) in [5.74, 6) is 2.45. The fourth-order valence-corrected chi connectivity index (χ4v) is 2.85. The molecular weight excluding hydrogens is 238 g/mol. The molecule has 1 N–H and O–H groups in total. The van der Waals surface area contributed by atoms with Crippen LogP contribution in [0.2, 0.25) is 0 Å². The van der Waals surface area contributed by atoms with Gasteiger partial charge in [0.1, 0.15) is 0 Å². The summed E-state index contributed by atoms with van der Waals surface area (Å²) < 4.78 is 0. The van der Waals surface area contributed by atoms with Crippen LogP contribution in [0.5, 0.6) is 0 Å². The average Bonchev–Trinajstić information content (AvgIpc) is 2.39. The highest BCUT2D eigenvalue weighted by atomic mass is 32.2. The molecule has 0 radical (unpaired) electrons. The zero-order valence-corrected chi connectivity index (χ0v) is 12.0. The molecule has 2 aromatic rings. The lowest BCUT2D eigenvalue weighted by atomic mass is 10.1. The fourth-order valence-electron chi connectivity index (χ4n) is 2.04. The van der Waals surface area contributed by atoms with Gasteiger partial charge in [0.25, 0.3) is 0 Å². The fraction of sp³-hybridized carbons (Fsp3) is 0.375. The standard InChI is InChI=1S/C16H21NS/c1-3-18-11-10-13(2)17-16-9-8-14-6-4-5-7-15(14)12-16/h4-9,12-13,17H,3,10-11H2,1-2H3. The Morgan fingerprint density at radius 2 is 1.89 bits per heavy atom. The van der Waals surface area contributed by atoms with Gasteiger partial charge < -0.3 is 5.32 Å². The van der Waals surface area contributed by atoms with E-state index in [1.54, 1.807) is 0 Å². The molecule has 0 fully saturated rings. The van der Waals surface area contributed by atoms with Crippen molar-refractivity contribution in [2.24, 2.45) is 0 Å². The van der Waals surface area contributed by atoms with E-state index in [1.807, 2.05) is 11.8 Å². The predicted octanol–water partition coefficient (Wildman–Crippen LogP) is 4.78. The van der Waals surface area contributed by atoms with Gasteiger partial charge in [-0.15, -0.1) is 0 Å². The van der Waals surface area contributed by atoms with Crippen LogP contribution < -0.4 is 5.32 Å². The number of rotatable bonds is 6. The Labute approximate surface area is 114 Å². The smallest absolute Gasteiger partial charge is 0.0348 e. The van der Waals surface area contributed by atoms with Gasteiger partial charge in [-0.05, 0) is 47.8 Å². The monoisotopic (exact) mass is 259 g/mol. The molecule has 0 aliphatic rings. The minimum Gasteiger partial charge on any atom is -0.383 e. The molecule has 0 aliphatic heterocycles. The van der Waals surface area contributed by atoms with Crippen molar-refractivity contribution in [2.45, 2.75) is 26.3 Å². The highest BCUT2D eigenvalue weighted by molar-refractivity contribution is 7.99. The van der Waals surface area contributed by atoms with Crippen LogP contribution >= 0.6 is 11.8 Å². The quantitative estimate of drug-likeness (QED) is 0.749. The summed E-state index contributed by atoms with van der Waals surface area (Å²) in [6.45, 7) is 4.47. The van der Waals surface area contributed by atoms with E-state index in [1.165, 1.54) is 34.4 Å². The molecule has 0 saturated carbocycles. The van der Waals surface area contributed by atoms with Crippen LogP contribution in [0.1, 0.15) is 20.3 Å². The lowest BCUT2D eigenvalue weighted by Gasteiger charge is -2.15. The van der Waals surface area contributed by atoms with Crippen LogP contribution in [-0.2, 0) is 0 Å². The van der Waals surface area contributed by atoms with Crippen molar-refractivity contribution < 1.29 is 0 Å². The molecule has 1 unspecified atom stereocenters. The molecule has 0 aliphatic carbocycles. The molecule has 2 heteroatoms. The average molecular weight is 259 g/mol. The first-order valence-corrected chi connectivity index (χ1v) is 7.78. The van der Waals surface area contributed by atoms with E-state index in [-0.39, 0.29) is 0 Å². The van der Waals surface area contributed by atoms with Crippen LogP contribution in [0.15, 0.2) is 42.5 Å². The van der Waals surface area contributed by atoms with Gasteiger partial charge in [0.05, 0.1) is 0 Å². The van der Waals surface area contributed by atoms with Gasteiger partial charge in [-0.3, -0.25) is 0 Å². The summed E-state index contributed by atoms with van der Waals surface area (Å²) in [6.07, 6.45) is 1.21. The van der Waals surface area contributed by atoms with Gasteiger partial charge in [0.15, 0.2) is 0 Å². The summed E-state index contributed by atoms with van der Waals surface area (Å²) in [4.78, 5) is 0. The topological polar surface area (TPSA) is 12.0 Å². The maximum atomic E-state index is 3.58. The molecule has 0 aromatic heterocycles. The molecule has 18 heavy (non-hydrogen) atoms. The number of fused-ring (bicyclic) bond motifs is 1. The third-order valence-electron chi connectivity index (χ3n) is 3.06. The summed E-state index contributed by atoms with van der Waals surface area (Å²) in [5, 5.41) is 6.19. The molecule has 0 bridgehead atoms. The van der Waals surface area contributed by atoms with Crippen molar-refractivity contribution in [3.8, 4) is 0 Å². The number of hydrogen-bond acceptors (Lipinski definition) is 2. The van der Waals surface area contributed by atoms with Crippen LogP contribution in [0.3, 0.4) is 0 Å². The summed E-state index contributed by atoms with van der Waals surface area (Å²) in [6, 6.07) is 15.6. The van der Waals surface area contributed by atoms with Crippen LogP contribution in [0, 0.1) is 0 Å². The van der Waals surface area contributed by atoms with Gasteiger partial charge in [-0.25, -0.2) is 0 Å². The third-order valence-corrected chi connectivity index (χ3v) is 3.99. The van der Waals surface area contributed by atoms with E-state index in [0.29, 0.717) is 6.04 Å². The molecule has 0 spiro atoms. The van der Waals surface area contributed by atoms with Crippen LogP contribution in [-0.4, -0.2) is 17.5 Å². The first kappa shape index (κ1) is 13.3. The second-order valence-electron chi connectivity index (χ2n) is 4.59. The van der Waals surface area contributed by atoms with E-state index in [4.69, 9.17) is 0 Å². The Morgan fingerprint density at radius 3 is 2.67 bits per heavy atom. The minimum atomic E-state index is 0.533. The lowest BCUT2D eigenvalue weighted by Crippen LogP contribution is -2.15. The molecule has 0 saturated heterocycles. The second kappa shape index (κ2) is 6.69. The molecule has 0 amide bonds. The van der Waals surface area contributed by atoms with Crippen LogP contribution in [0.4, 0.5) is 5.69 Å². The minimum absolute atomic E-state index is 0.533. The van der Waals surface area contributed by atoms with E-state index < -0.39 is 0 Å². The van der Waals surface area contributed by atoms with Gasteiger partial charge in [-0.1, -0.05) is 37.3 Å². The Kier molecular flexibility index (Phi) is 4.94. The zero-order valence-electron chi connectivity index (χ0n) is 11.1. The number of thioether (sulfide) groups is 1. The number of hydrogen-bond donors (Lipinski definition) is 1. The number of benzene rings is 2. The molecule has 96 valence electrons. The first-order valence-electron chi connectivity index (χ1n) is 6.62. The molecular formula is C16H21NS. The maximum Gasteiger partial charge on any atom is 0.0348 e. The number of nitrogens with one attached hydrogen (secondary N) is 1. The van der Waals surface area contributed by atoms with Gasteiger partial charge in [0.2, 0.25) is 0 Å². The van der Waals surface area contributed by atoms with Gasteiger partial charge in [0, 0.05) is 11.7 Å². The van der Waals surface area contributed by atoms with E-state index in [0.717, 1.165) is 0 Å². The normalized spacial score (nSPS) is 12.6. The third kappa shape index (κ3) is 3.67. The second-order valence-corrected chi connectivity index (χ2v) is 5.99. The van der Waals surface area contributed by atoms with Gasteiger partial charge >= 0.3 is 0 Å². The maximum absolute atomic E-state index is 3.58.